The van der Waals surface area contributed by atoms with Gasteiger partial charge in [-0.25, -0.2) is 22.0 Å². The fraction of sp³-hybridized carbons (Fsp3) is 0.429. The van der Waals surface area contributed by atoms with Gasteiger partial charge in [0.2, 0.25) is 0 Å². The van der Waals surface area contributed by atoms with Gasteiger partial charge in [0.05, 0.1) is 29.1 Å². The summed E-state index contributed by atoms with van der Waals surface area (Å²) in [6.07, 6.45) is -0.366. The number of esters is 1. The van der Waals surface area contributed by atoms with Crippen molar-refractivity contribution in [3.05, 3.63) is 58.8 Å². The summed E-state index contributed by atoms with van der Waals surface area (Å²) in [5.41, 5.74) is 2.64. The fourth-order valence-electron chi connectivity index (χ4n) is 4.85. The van der Waals surface area contributed by atoms with Gasteiger partial charge in [-0.05, 0) is 71.4 Å². The number of benzene rings is 2. The van der Waals surface area contributed by atoms with Gasteiger partial charge in [-0.3, -0.25) is 0 Å². The van der Waals surface area contributed by atoms with E-state index in [2.05, 4.69) is 0 Å². The van der Waals surface area contributed by atoms with Crippen molar-refractivity contribution in [1.82, 2.24) is 8.87 Å². The Morgan fingerprint density at radius 3 is 2.26 bits per heavy atom. The van der Waals surface area contributed by atoms with E-state index in [0.29, 0.717) is 29.7 Å². The molecule has 0 radical (unpaired) electrons. The Morgan fingerprint density at radius 1 is 1.03 bits per heavy atom. The first-order valence-electron chi connectivity index (χ1n) is 12.4. The molecule has 0 spiro atoms. The Morgan fingerprint density at radius 2 is 1.68 bits per heavy atom. The summed E-state index contributed by atoms with van der Waals surface area (Å²) in [7, 11) is -0.867. The molecule has 1 saturated heterocycles. The Labute approximate surface area is 224 Å². The van der Waals surface area contributed by atoms with E-state index in [0.717, 1.165) is 11.3 Å². The quantitative estimate of drug-likeness (QED) is 0.434. The van der Waals surface area contributed by atoms with Crippen LogP contribution in [0.2, 0.25) is 0 Å². The van der Waals surface area contributed by atoms with E-state index in [4.69, 9.17) is 9.47 Å². The van der Waals surface area contributed by atoms with Gasteiger partial charge in [-0.2, -0.15) is 0 Å². The number of carbonyl (C=O) groups excluding carboxylic acids is 2. The normalized spacial score (nSPS) is 14.4. The zero-order valence-electron chi connectivity index (χ0n) is 23.2. The third kappa shape index (κ3) is 4.84. The summed E-state index contributed by atoms with van der Waals surface area (Å²) in [5, 5.41) is 0.608. The Balaban J connectivity index is 1.79. The molecular weight excluding hydrogens is 506 g/mol. The van der Waals surface area contributed by atoms with Crippen LogP contribution in [0.5, 0.6) is 0 Å². The molecule has 0 saturated carbocycles. The van der Waals surface area contributed by atoms with E-state index in [9.17, 15) is 18.0 Å². The molecule has 0 atom stereocenters. The molecule has 0 bridgehead atoms. The zero-order valence-corrected chi connectivity index (χ0v) is 24.0. The van der Waals surface area contributed by atoms with Gasteiger partial charge in [-0.15, -0.1) is 0 Å². The van der Waals surface area contributed by atoms with E-state index < -0.39 is 21.6 Å². The molecule has 2 aromatic carbocycles. The molecule has 4 rings (SSSR count). The number of hydrogen-bond donors (Lipinski definition) is 0. The molecule has 9 nitrogen and oxygen atoms in total. The summed E-state index contributed by atoms with van der Waals surface area (Å²) < 4.78 is 39.7. The van der Waals surface area contributed by atoms with Crippen molar-refractivity contribution in [2.45, 2.75) is 58.1 Å². The Hall–Kier alpha value is -3.53. The average molecular weight is 542 g/mol. The zero-order chi connectivity index (χ0) is 28.2. The lowest BCUT2D eigenvalue weighted by Gasteiger charge is -2.45. The molecule has 3 aromatic rings. The maximum atomic E-state index is 14.0. The fourth-order valence-corrected chi connectivity index (χ4v) is 6.63. The summed E-state index contributed by atoms with van der Waals surface area (Å²) in [6.45, 7) is 11.8. The van der Waals surface area contributed by atoms with Gasteiger partial charge in [0.15, 0.2) is 0 Å². The second kappa shape index (κ2) is 9.65. The topological polar surface area (TPSA) is 98.1 Å². The minimum atomic E-state index is -4.04. The number of amides is 1. The number of rotatable bonds is 5. The van der Waals surface area contributed by atoms with Crippen molar-refractivity contribution in [3.63, 3.8) is 0 Å². The molecule has 204 valence electrons. The lowest BCUT2D eigenvalue weighted by Crippen LogP contribution is -2.61. The largest absolute Gasteiger partial charge is 0.465 e. The van der Waals surface area contributed by atoms with E-state index in [-0.39, 0.29) is 28.1 Å². The van der Waals surface area contributed by atoms with Crippen molar-refractivity contribution in [1.29, 1.82) is 0 Å². The molecule has 1 fully saturated rings. The number of fused-ring (bicyclic) bond motifs is 1. The van der Waals surface area contributed by atoms with Crippen LogP contribution < -0.4 is 4.90 Å². The van der Waals surface area contributed by atoms with Crippen molar-refractivity contribution in [2.75, 3.05) is 32.1 Å². The number of likely N-dealkylation sites (N-methyl/N-ethyl adjacent to an activating group) is 1. The highest BCUT2D eigenvalue weighted by molar-refractivity contribution is 7.90. The van der Waals surface area contributed by atoms with Crippen LogP contribution >= 0.6 is 0 Å². The molecular formula is C28H35N3O6S. The van der Waals surface area contributed by atoms with E-state index in [1.807, 2.05) is 45.7 Å². The highest BCUT2D eigenvalue weighted by Gasteiger charge is 2.37. The number of aryl methyl sites for hydroxylation is 3. The van der Waals surface area contributed by atoms with Gasteiger partial charge in [-0.1, -0.05) is 17.7 Å². The number of likely N-dealkylation sites (tertiary alicyclic amines) is 1. The highest BCUT2D eigenvalue weighted by Crippen LogP contribution is 2.37. The highest BCUT2D eigenvalue weighted by atomic mass is 32.2. The van der Waals surface area contributed by atoms with Crippen molar-refractivity contribution >= 4 is 38.7 Å². The second-order valence-corrected chi connectivity index (χ2v) is 12.6. The SMILES string of the molecule is COC(=O)c1ccc(N(C)C2CN(C(=O)OC(C)(C)C)C2)c2cc(C)n(S(=O)(=O)c3ccc(C)cc3C)c12. The standard InChI is InChI=1S/C28H35N3O6S/c1-17-9-12-24(18(2)13-17)38(34,35)31-19(3)14-22-23(11-10-21(25(22)31)26(32)36-8)29(7)20-15-30(16-20)27(33)37-28(4,5)6/h9-14,20H,15-16H2,1-8H3. The molecule has 1 aromatic heterocycles. The van der Waals surface area contributed by atoms with Crippen LogP contribution in [-0.2, 0) is 19.5 Å². The molecule has 1 aliphatic rings. The van der Waals surface area contributed by atoms with E-state index in [1.54, 1.807) is 49.1 Å². The molecule has 0 unspecified atom stereocenters. The first kappa shape index (κ1) is 27.5. The number of hydrogen-bond acceptors (Lipinski definition) is 7. The van der Waals surface area contributed by atoms with Crippen LogP contribution in [0.3, 0.4) is 0 Å². The second-order valence-electron chi connectivity index (χ2n) is 10.9. The first-order valence-corrected chi connectivity index (χ1v) is 13.9. The van der Waals surface area contributed by atoms with E-state index >= 15 is 0 Å². The van der Waals surface area contributed by atoms with Crippen LogP contribution in [0.25, 0.3) is 10.9 Å². The molecule has 1 amide bonds. The Kier molecular flexibility index (Phi) is 6.98. The number of methoxy groups -OCH3 is 1. The molecule has 2 heterocycles. The van der Waals surface area contributed by atoms with Gasteiger partial charge >= 0.3 is 12.1 Å². The van der Waals surface area contributed by atoms with Crippen molar-refractivity contribution in [3.8, 4) is 0 Å². The molecule has 1 aliphatic heterocycles. The van der Waals surface area contributed by atoms with Gasteiger partial charge in [0.25, 0.3) is 10.0 Å². The smallest absolute Gasteiger partial charge is 0.410 e. The van der Waals surface area contributed by atoms with Gasteiger partial charge < -0.3 is 19.3 Å². The Bertz CT molecular complexity index is 1530. The third-order valence-electron chi connectivity index (χ3n) is 6.77. The predicted molar refractivity (Wildman–Crippen MR) is 147 cm³/mol. The number of nitrogens with zero attached hydrogens (tertiary/aromatic N) is 3. The monoisotopic (exact) mass is 541 g/mol. The van der Waals surface area contributed by atoms with Crippen LogP contribution in [0.1, 0.15) is 48.0 Å². The van der Waals surface area contributed by atoms with Crippen LogP contribution in [0.4, 0.5) is 10.5 Å². The summed E-state index contributed by atoms with van der Waals surface area (Å²) in [4.78, 5) is 29.0. The lowest BCUT2D eigenvalue weighted by atomic mass is 10.0. The number of aromatic nitrogens is 1. The molecule has 38 heavy (non-hydrogen) atoms. The lowest BCUT2D eigenvalue weighted by molar-refractivity contribution is 0.00851. The number of ether oxygens (including phenoxy) is 2. The maximum Gasteiger partial charge on any atom is 0.410 e. The summed E-state index contributed by atoms with van der Waals surface area (Å²) in [6, 6.07) is 10.3. The van der Waals surface area contributed by atoms with Crippen molar-refractivity contribution < 1.29 is 27.5 Å². The minimum Gasteiger partial charge on any atom is -0.465 e. The van der Waals surface area contributed by atoms with Crippen LogP contribution in [0, 0.1) is 20.8 Å². The van der Waals surface area contributed by atoms with Gasteiger partial charge in [0.1, 0.15) is 5.60 Å². The van der Waals surface area contributed by atoms with Crippen molar-refractivity contribution in [2.24, 2.45) is 0 Å². The molecule has 0 N–H and O–H groups in total. The third-order valence-corrected chi connectivity index (χ3v) is 8.73. The number of anilines is 1. The minimum absolute atomic E-state index is 0.00528. The number of carbonyl (C=O) groups is 2. The van der Waals surface area contributed by atoms with E-state index in [1.165, 1.54) is 11.1 Å². The average Bonchev–Trinajstić information content (AvgIpc) is 3.12. The molecule has 10 heteroatoms. The van der Waals surface area contributed by atoms with Gasteiger partial charge in [0, 0.05) is 36.9 Å². The van der Waals surface area contributed by atoms with Crippen LogP contribution in [0.15, 0.2) is 41.3 Å². The van der Waals surface area contributed by atoms with Crippen LogP contribution in [-0.4, -0.2) is 68.2 Å². The molecule has 0 aliphatic carbocycles. The predicted octanol–water partition coefficient (Wildman–Crippen LogP) is 4.65. The maximum absolute atomic E-state index is 14.0. The summed E-state index contributed by atoms with van der Waals surface area (Å²) in [5.74, 6) is -0.626. The first-order chi connectivity index (χ1) is 17.7. The summed E-state index contributed by atoms with van der Waals surface area (Å²) >= 11 is 0.